The van der Waals surface area contributed by atoms with Crippen molar-refractivity contribution < 1.29 is 27.8 Å². The molecular weight excluding hydrogens is 225 g/mol. The molecule has 3 nitrogen and oxygen atoms in total. The summed E-state index contributed by atoms with van der Waals surface area (Å²) < 4.78 is 44.7. The van der Waals surface area contributed by atoms with E-state index in [1.165, 1.54) is 25.1 Å². The van der Waals surface area contributed by atoms with E-state index < -0.39 is 18.2 Å². The third-order valence-corrected chi connectivity index (χ3v) is 1.55. The summed E-state index contributed by atoms with van der Waals surface area (Å²) in [6, 6.07) is 5.39. The van der Waals surface area contributed by atoms with Gasteiger partial charge in [0, 0.05) is 0 Å². The van der Waals surface area contributed by atoms with Crippen LogP contribution in [0.1, 0.15) is 6.92 Å². The number of aliphatic hydroxyl groups excluding tert-OH is 1. The van der Waals surface area contributed by atoms with Crippen LogP contribution >= 0.6 is 0 Å². The van der Waals surface area contributed by atoms with E-state index in [1.54, 1.807) is 0 Å². The molecule has 90 valence electrons. The lowest BCUT2D eigenvalue weighted by Crippen LogP contribution is -2.19. The average molecular weight is 236 g/mol. The van der Waals surface area contributed by atoms with Gasteiger partial charge in [-0.05, 0) is 19.1 Å². The molecule has 1 aromatic rings. The Morgan fingerprint density at radius 3 is 2.31 bits per heavy atom. The van der Waals surface area contributed by atoms with Crippen LogP contribution in [0.5, 0.6) is 11.5 Å². The molecule has 0 radical (unpaired) electrons. The van der Waals surface area contributed by atoms with Crippen molar-refractivity contribution in [3.05, 3.63) is 24.3 Å². The highest BCUT2D eigenvalue weighted by Gasteiger charge is 2.32. The molecule has 1 N–H and O–H groups in total. The molecule has 16 heavy (non-hydrogen) atoms. The van der Waals surface area contributed by atoms with Crippen molar-refractivity contribution in [1.29, 1.82) is 0 Å². The predicted octanol–water partition coefficient (Wildman–Crippen LogP) is 2.34. The van der Waals surface area contributed by atoms with E-state index in [-0.39, 0.29) is 12.4 Å². The molecule has 0 aliphatic heterocycles. The third-order valence-electron chi connectivity index (χ3n) is 1.55. The summed E-state index contributed by atoms with van der Waals surface area (Å²) in [6.07, 6.45) is -5.52. The second kappa shape index (κ2) is 5.07. The lowest BCUT2D eigenvalue weighted by Gasteiger charge is -2.14. The van der Waals surface area contributed by atoms with Crippen LogP contribution in [0.2, 0.25) is 0 Å². The van der Waals surface area contributed by atoms with Crippen LogP contribution in [0.25, 0.3) is 0 Å². The van der Waals surface area contributed by atoms with Crippen molar-refractivity contribution >= 4 is 0 Å². The molecule has 0 amide bonds. The summed E-state index contributed by atoms with van der Waals surface area (Å²) in [6.45, 7) is 1.37. The zero-order chi connectivity index (χ0) is 12.2. The van der Waals surface area contributed by atoms with Crippen molar-refractivity contribution in [2.45, 2.75) is 19.4 Å². The normalized spacial score (nSPS) is 13.3. The molecule has 1 aromatic carbocycles. The highest BCUT2D eigenvalue weighted by atomic mass is 19.4. The lowest BCUT2D eigenvalue weighted by atomic mass is 10.3. The number of halogens is 3. The fourth-order valence-electron chi connectivity index (χ4n) is 0.989. The van der Waals surface area contributed by atoms with Gasteiger partial charge in [0.1, 0.15) is 6.61 Å². The number of benzene rings is 1. The Balaban J connectivity index is 2.75. The van der Waals surface area contributed by atoms with Gasteiger partial charge in [-0.3, -0.25) is 0 Å². The fourth-order valence-corrected chi connectivity index (χ4v) is 0.989. The number of ether oxygens (including phenoxy) is 2. The fraction of sp³-hybridized carbons (Fsp3) is 0.400. The van der Waals surface area contributed by atoms with Crippen molar-refractivity contribution in [2.75, 3.05) is 6.61 Å². The van der Waals surface area contributed by atoms with E-state index in [0.717, 1.165) is 6.07 Å². The van der Waals surface area contributed by atoms with Crippen LogP contribution in [0.3, 0.4) is 0 Å². The van der Waals surface area contributed by atoms with Crippen LogP contribution in [-0.2, 0) is 0 Å². The van der Waals surface area contributed by atoms with Gasteiger partial charge in [-0.1, -0.05) is 12.1 Å². The molecule has 1 atom stereocenters. The Morgan fingerprint density at radius 1 is 1.25 bits per heavy atom. The topological polar surface area (TPSA) is 38.7 Å². The summed E-state index contributed by atoms with van der Waals surface area (Å²) in [5, 5.41) is 8.95. The van der Waals surface area contributed by atoms with Crippen molar-refractivity contribution in [3.8, 4) is 11.5 Å². The molecular formula is C10H11F3O3. The number of para-hydroxylation sites is 2. The van der Waals surface area contributed by atoms with Gasteiger partial charge < -0.3 is 14.6 Å². The Labute approximate surface area is 90.4 Å². The summed E-state index contributed by atoms with van der Waals surface area (Å²) in [7, 11) is 0. The van der Waals surface area contributed by atoms with Gasteiger partial charge in [-0.25, -0.2) is 0 Å². The van der Waals surface area contributed by atoms with Gasteiger partial charge in [0.05, 0.1) is 6.10 Å². The first-order chi connectivity index (χ1) is 7.38. The standard InChI is InChI=1S/C10H11F3O3/c1-7(14)6-15-8-4-2-3-5-9(8)16-10(11,12)13/h2-5,7,14H,6H2,1H3/t7-/m0/s1. The Bertz CT molecular complexity index is 336. The monoisotopic (exact) mass is 236 g/mol. The van der Waals surface area contributed by atoms with E-state index >= 15 is 0 Å². The second-order valence-electron chi connectivity index (χ2n) is 3.15. The summed E-state index contributed by atoms with van der Waals surface area (Å²) in [4.78, 5) is 0. The van der Waals surface area contributed by atoms with Gasteiger partial charge in [-0.15, -0.1) is 13.2 Å². The highest BCUT2D eigenvalue weighted by molar-refractivity contribution is 5.39. The van der Waals surface area contributed by atoms with E-state index in [0.29, 0.717) is 0 Å². The SMILES string of the molecule is C[C@H](O)COc1ccccc1OC(F)(F)F. The van der Waals surface area contributed by atoms with Gasteiger partial charge in [0.2, 0.25) is 0 Å². The number of hydrogen-bond acceptors (Lipinski definition) is 3. The minimum absolute atomic E-state index is 0.0549. The van der Waals surface area contributed by atoms with Gasteiger partial charge in [0.25, 0.3) is 0 Å². The Morgan fingerprint density at radius 2 is 1.81 bits per heavy atom. The van der Waals surface area contributed by atoms with Crippen molar-refractivity contribution in [3.63, 3.8) is 0 Å². The van der Waals surface area contributed by atoms with Crippen LogP contribution < -0.4 is 9.47 Å². The first-order valence-electron chi connectivity index (χ1n) is 4.54. The van der Waals surface area contributed by atoms with Crippen LogP contribution in [-0.4, -0.2) is 24.2 Å². The summed E-state index contributed by atoms with van der Waals surface area (Å²) in [5.41, 5.74) is 0. The van der Waals surface area contributed by atoms with Crippen LogP contribution in [0.15, 0.2) is 24.3 Å². The van der Waals surface area contributed by atoms with E-state index in [2.05, 4.69) is 4.74 Å². The quantitative estimate of drug-likeness (QED) is 0.872. The number of aliphatic hydroxyl groups is 1. The molecule has 0 aromatic heterocycles. The first-order valence-corrected chi connectivity index (χ1v) is 4.54. The maximum Gasteiger partial charge on any atom is 0.573 e. The molecule has 0 bridgehead atoms. The maximum absolute atomic E-state index is 12.0. The third kappa shape index (κ3) is 4.39. The van der Waals surface area contributed by atoms with Gasteiger partial charge >= 0.3 is 6.36 Å². The molecule has 0 spiro atoms. The van der Waals surface area contributed by atoms with Crippen molar-refractivity contribution in [1.82, 2.24) is 0 Å². The van der Waals surface area contributed by atoms with Gasteiger partial charge in [0.15, 0.2) is 11.5 Å². The molecule has 0 unspecified atom stereocenters. The summed E-state index contributed by atoms with van der Waals surface area (Å²) in [5.74, 6) is -0.476. The smallest absolute Gasteiger partial charge is 0.487 e. The largest absolute Gasteiger partial charge is 0.573 e. The lowest BCUT2D eigenvalue weighted by molar-refractivity contribution is -0.275. The van der Waals surface area contributed by atoms with E-state index in [1.807, 2.05) is 0 Å². The maximum atomic E-state index is 12.0. The predicted molar refractivity (Wildman–Crippen MR) is 50.3 cm³/mol. The molecule has 0 saturated carbocycles. The number of alkyl halides is 3. The first kappa shape index (κ1) is 12.6. The second-order valence-corrected chi connectivity index (χ2v) is 3.15. The zero-order valence-corrected chi connectivity index (χ0v) is 8.49. The van der Waals surface area contributed by atoms with Crippen molar-refractivity contribution in [2.24, 2.45) is 0 Å². The molecule has 0 aliphatic carbocycles. The van der Waals surface area contributed by atoms with E-state index in [9.17, 15) is 13.2 Å². The molecule has 0 aliphatic rings. The zero-order valence-electron chi connectivity index (χ0n) is 8.49. The average Bonchev–Trinajstić information content (AvgIpc) is 2.14. The number of hydrogen-bond donors (Lipinski definition) is 1. The molecule has 0 fully saturated rings. The Kier molecular flexibility index (Phi) is 4.00. The van der Waals surface area contributed by atoms with Crippen LogP contribution in [0.4, 0.5) is 13.2 Å². The van der Waals surface area contributed by atoms with Crippen LogP contribution in [0, 0.1) is 0 Å². The van der Waals surface area contributed by atoms with Gasteiger partial charge in [-0.2, -0.15) is 0 Å². The Hall–Kier alpha value is -1.43. The highest BCUT2D eigenvalue weighted by Crippen LogP contribution is 2.31. The molecule has 1 rings (SSSR count). The molecule has 6 heteroatoms. The molecule has 0 heterocycles. The van der Waals surface area contributed by atoms with E-state index in [4.69, 9.17) is 9.84 Å². The number of rotatable bonds is 4. The summed E-state index contributed by atoms with van der Waals surface area (Å²) >= 11 is 0. The minimum Gasteiger partial charge on any atom is -0.487 e. The minimum atomic E-state index is -4.76. The molecule has 0 saturated heterocycles.